The monoisotopic (exact) mass is 199 g/mol. The van der Waals surface area contributed by atoms with E-state index in [1.807, 2.05) is 13.8 Å². The topological polar surface area (TPSA) is 78.8 Å². The molecule has 0 unspecified atom stereocenters. The summed E-state index contributed by atoms with van der Waals surface area (Å²) in [7, 11) is 0. The van der Waals surface area contributed by atoms with E-state index in [0.29, 0.717) is 6.54 Å². The van der Waals surface area contributed by atoms with E-state index in [-0.39, 0.29) is 6.10 Å². The van der Waals surface area contributed by atoms with Gasteiger partial charge >= 0.3 is 0 Å². The van der Waals surface area contributed by atoms with Crippen LogP contribution < -0.4 is 5.73 Å². The minimum Gasteiger partial charge on any atom is -0.379 e. The highest BCUT2D eigenvalue weighted by Crippen LogP contribution is 1.95. The van der Waals surface area contributed by atoms with Crippen LogP contribution in [0.3, 0.4) is 0 Å². The van der Waals surface area contributed by atoms with Gasteiger partial charge in [-0.3, -0.25) is 0 Å². The zero-order valence-electron chi connectivity index (χ0n) is 8.68. The van der Waals surface area contributed by atoms with Crippen LogP contribution in [0.4, 0.5) is 0 Å². The molecule has 0 atom stereocenters. The lowest BCUT2D eigenvalue weighted by molar-refractivity contribution is 0.0741. The first kappa shape index (κ1) is 11.1. The first-order valence-electron chi connectivity index (χ1n) is 4.80. The highest BCUT2D eigenvalue weighted by atomic mass is 16.5. The maximum absolute atomic E-state index is 5.45. The van der Waals surface area contributed by atoms with Crippen molar-refractivity contribution in [2.75, 3.05) is 6.61 Å². The Morgan fingerprint density at radius 2 is 2.29 bits per heavy atom. The van der Waals surface area contributed by atoms with Crippen LogP contribution in [0.1, 0.15) is 26.1 Å². The Kier molecular flexibility index (Phi) is 4.48. The van der Waals surface area contributed by atoms with Crippen molar-refractivity contribution < 1.29 is 4.74 Å². The Hall–Kier alpha value is -1.01. The average molecular weight is 199 g/mol. The molecule has 0 aliphatic heterocycles. The van der Waals surface area contributed by atoms with Crippen molar-refractivity contribution in [1.82, 2.24) is 20.2 Å². The number of tetrazole rings is 1. The van der Waals surface area contributed by atoms with Gasteiger partial charge in [0.15, 0.2) is 5.82 Å². The largest absolute Gasteiger partial charge is 0.379 e. The molecule has 6 heteroatoms. The lowest BCUT2D eigenvalue weighted by Gasteiger charge is -2.07. The average Bonchev–Trinajstić information content (AvgIpc) is 2.59. The highest BCUT2D eigenvalue weighted by Gasteiger charge is 2.02. The fraction of sp³-hybridized carbons (Fsp3) is 0.875. The molecule has 0 saturated carbocycles. The zero-order chi connectivity index (χ0) is 10.4. The van der Waals surface area contributed by atoms with Crippen LogP contribution in [-0.4, -0.2) is 32.9 Å². The van der Waals surface area contributed by atoms with E-state index in [2.05, 4.69) is 15.5 Å². The summed E-state index contributed by atoms with van der Waals surface area (Å²) in [5.41, 5.74) is 5.45. The van der Waals surface area contributed by atoms with Gasteiger partial charge in [0.25, 0.3) is 0 Å². The minimum atomic E-state index is 0.276. The van der Waals surface area contributed by atoms with E-state index in [1.54, 1.807) is 4.68 Å². The number of rotatable bonds is 6. The molecular formula is C8H17N5O. The SMILES string of the molecule is CC(C)OCCCn1nnnc1CN. The fourth-order valence-corrected chi connectivity index (χ4v) is 1.08. The van der Waals surface area contributed by atoms with Crippen molar-refractivity contribution >= 4 is 0 Å². The lowest BCUT2D eigenvalue weighted by Crippen LogP contribution is -2.12. The van der Waals surface area contributed by atoms with E-state index in [9.17, 15) is 0 Å². The number of nitrogens with two attached hydrogens (primary N) is 1. The highest BCUT2D eigenvalue weighted by molar-refractivity contribution is 4.77. The summed E-state index contributed by atoms with van der Waals surface area (Å²) in [6.07, 6.45) is 1.17. The molecule has 6 nitrogen and oxygen atoms in total. The Morgan fingerprint density at radius 3 is 2.93 bits per heavy atom. The number of aryl methyl sites for hydroxylation is 1. The molecule has 0 fully saturated rings. The summed E-state index contributed by atoms with van der Waals surface area (Å²) in [4.78, 5) is 0. The van der Waals surface area contributed by atoms with Gasteiger partial charge < -0.3 is 10.5 Å². The second-order valence-corrected chi connectivity index (χ2v) is 3.30. The minimum absolute atomic E-state index is 0.276. The number of aromatic nitrogens is 4. The van der Waals surface area contributed by atoms with Crippen LogP contribution in [0.2, 0.25) is 0 Å². The van der Waals surface area contributed by atoms with Crippen LogP contribution in [-0.2, 0) is 17.8 Å². The molecule has 0 aliphatic carbocycles. The molecule has 2 N–H and O–H groups in total. The van der Waals surface area contributed by atoms with Crippen molar-refractivity contribution in [3.8, 4) is 0 Å². The Labute approximate surface area is 83.4 Å². The number of hydrogen-bond acceptors (Lipinski definition) is 5. The van der Waals surface area contributed by atoms with E-state index >= 15 is 0 Å². The van der Waals surface area contributed by atoms with Crippen LogP contribution in [0.15, 0.2) is 0 Å². The van der Waals surface area contributed by atoms with Gasteiger partial charge in [-0.15, -0.1) is 5.10 Å². The molecule has 14 heavy (non-hydrogen) atoms. The van der Waals surface area contributed by atoms with E-state index in [0.717, 1.165) is 25.4 Å². The second kappa shape index (κ2) is 5.66. The number of nitrogens with zero attached hydrogens (tertiary/aromatic N) is 4. The summed E-state index contributed by atoms with van der Waals surface area (Å²) in [5, 5.41) is 11.2. The molecular weight excluding hydrogens is 182 g/mol. The second-order valence-electron chi connectivity index (χ2n) is 3.30. The van der Waals surface area contributed by atoms with Gasteiger partial charge in [-0.05, 0) is 30.7 Å². The van der Waals surface area contributed by atoms with Crippen LogP contribution in [0.5, 0.6) is 0 Å². The third kappa shape index (κ3) is 3.39. The molecule has 0 radical (unpaired) electrons. The predicted octanol–water partition coefficient (Wildman–Crippen LogP) is -0.0531. The van der Waals surface area contributed by atoms with Gasteiger partial charge in [0.1, 0.15) is 0 Å². The molecule has 0 bridgehead atoms. The predicted molar refractivity (Wildman–Crippen MR) is 51.4 cm³/mol. The molecule has 1 aromatic rings. The summed E-state index contributed by atoms with van der Waals surface area (Å²) in [6, 6.07) is 0. The van der Waals surface area contributed by atoms with Crippen molar-refractivity contribution in [3.63, 3.8) is 0 Å². The standard InChI is InChI=1S/C8H17N5O/c1-7(2)14-5-3-4-13-8(6-9)10-11-12-13/h7H,3-6,9H2,1-2H3. The Morgan fingerprint density at radius 1 is 1.50 bits per heavy atom. The Bertz CT molecular complexity index is 260. The maximum Gasteiger partial charge on any atom is 0.164 e. The summed E-state index contributed by atoms with van der Waals surface area (Å²) < 4.78 is 7.11. The molecule has 1 rings (SSSR count). The molecule has 80 valence electrons. The van der Waals surface area contributed by atoms with Gasteiger partial charge in [0.2, 0.25) is 0 Å². The fourth-order valence-electron chi connectivity index (χ4n) is 1.08. The molecule has 0 aliphatic rings. The van der Waals surface area contributed by atoms with E-state index < -0.39 is 0 Å². The quantitative estimate of drug-likeness (QED) is 0.650. The van der Waals surface area contributed by atoms with E-state index in [4.69, 9.17) is 10.5 Å². The van der Waals surface area contributed by atoms with Crippen molar-refractivity contribution in [1.29, 1.82) is 0 Å². The van der Waals surface area contributed by atoms with Crippen LogP contribution in [0, 0.1) is 0 Å². The molecule has 1 heterocycles. The summed E-state index contributed by atoms with van der Waals surface area (Å²) in [5.74, 6) is 0.717. The first-order chi connectivity index (χ1) is 6.74. The van der Waals surface area contributed by atoms with Gasteiger partial charge in [0, 0.05) is 13.2 Å². The molecule has 1 aromatic heterocycles. The zero-order valence-corrected chi connectivity index (χ0v) is 8.68. The maximum atomic E-state index is 5.45. The number of hydrogen-bond donors (Lipinski definition) is 1. The van der Waals surface area contributed by atoms with Gasteiger partial charge in [-0.1, -0.05) is 0 Å². The lowest BCUT2D eigenvalue weighted by atomic mass is 10.4. The van der Waals surface area contributed by atoms with Crippen molar-refractivity contribution in [2.45, 2.75) is 39.5 Å². The molecule has 0 amide bonds. The molecule has 0 aromatic carbocycles. The van der Waals surface area contributed by atoms with E-state index in [1.165, 1.54) is 0 Å². The van der Waals surface area contributed by atoms with Crippen LogP contribution in [0.25, 0.3) is 0 Å². The first-order valence-corrected chi connectivity index (χ1v) is 4.80. The Balaban J connectivity index is 2.24. The third-order valence-electron chi connectivity index (χ3n) is 1.75. The molecule has 0 saturated heterocycles. The van der Waals surface area contributed by atoms with Gasteiger partial charge in [-0.2, -0.15) is 0 Å². The van der Waals surface area contributed by atoms with Gasteiger partial charge in [0.05, 0.1) is 12.6 Å². The molecule has 0 spiro atoms. The number of ether oxygens (including phenoxy) is 1. The summed E-state index contributed by atoms with van der Waals surface area (Å²) in [6.45, 7) is 5.89. The van der Waals surface area contributed by atoms with Gasteiger partial charge in [-0.25, -0.2) is 4.68 Å². The summed E-state index contributed by atoms with van der Waals surface area (Å²) >= 11 is 0. The normalized spacial score (nSPS) is 11.1. The van der Waals surface area contributed by atoms with Crippen molar-refractivity contribution in [2.24, 2.45) is 5.73 Å². The van der Waals surface area contributed by atoms with Crippen LogP contribution >= 0.6 is 0 Å². The smallest absolute Gasteiger partial charge is 0.164 e. The third-order valence-corrected chi connectivity index (χ3v) is 1.75. The van der Waals surface area contributed by atoms with Crippen molar-refractivity contribution in [3.05, 3.63) is 5.82 Å².